The molecule has 0 aromatic carbocycles. The molecule has 1 rings (SSSR count). The summed E-state index contributed by atoms with van der Waals surface area (Å²) in [5.74, 6) is -0.475. The van der Waals surface area contributed by atoms with E-state index in [0.717, 1.165) is 12.1 Å². The SMILES string of the molecule is C=CC(=O)NCCOCCOCC(=O)Nc1ccc(CC)nc1. The molecule has 0 aliphatic rings. The Labute approximate surface area is 136 Å². The van der Waals surface area contributed by atoms with Gasteiger partial charge in [-0.1, -0.05) is 13.5 Å². The number of ether oxygens (including phenoxy) is 2. The first-order chi connectivity index (χ1) is 11.2. The molecule has 126 valence electrons. The van der Waals surface area contributed by atoms with Crippen molar-refractivity contribution in [1.82, 2.24) is 10.3 Å². The Morgan fingerprint density at radius 2 is 2.04 bits per heavy atom. The van der Waals surface area contributed by atoms with Gasteiger partial charge < -0.3 is 20.1 Å². The van der Waals surface area contributed by atoms with Crippen molar-refractivity contribution in [3.8, 4) is 0 Å². The van der Waals surface area contributed by atoms with E-state index in [1.807, 2.05) is 19.1 Å². The minimum absolute atomic E-state index is 0.0495. The second-order valence-electron chi connectivity index (χ2n) is 4.60. The van der Waals surface area contributed by atoms with E-state index in [0.29, 0.717) is 32.1 Å². The van der Waals surface area contributed by atoms with Gasteiger partial charge in [0.2, 0.25) is 11.8 Å². The largest absolute Gasteiger partial charge is 0.377 e. The van der Waals surface area contributed by atoms with Crippen LogP contribution in [0.2, 0.25) is 0 Å². The summed E-state index contributed by atoms with van der Waals surface area (Å²) in [7, 11) is 0. The van der Waals surface area contributed by atoms with Gasteiger partial charge in [-0.3, -0.25) is 14.6 Å². The van der Waals surface area contributed by atoms with Crippen molar-refractivity contribution >= 4 is 17.5 Å². The number of nitrogens with zero attached hydrogens (tertiary/aromatic N) is 1. The highest BCUT2D eigenvalue weighted by Crippen LogP contribution is 2.06. The summed E-state index contributed by atoms with van der Waals surface area (Å²) in [6, 6.07) is 3.68. The van der Waals surface area contributed by atoms with Crippen LogP contribution in [0.25, 0.3) is 0 Å². The third-order valence-electron chi connectivity index (χ3n) is 2.81. The number of hydrogen-bond donors (Lipinski definition) is 2. The lowest BCUT2D eigenvalue weighted by atomic mass is 10.3. The molecule has 0 radical (unpaired) electrons. The summed E-state index contributed by atoms with van der Waals surface area (Å²) >= 11 is 0. The summed E-state index contributed by atoms with van der Waals surface area (Å²) in [6.45, 7) is 6.75. The number of amides is 2. The normalized spacial score (nSPS) is 10.1. The molecule has 1 aromatic heterocycles. The first kappa shape index (κ1) is 18.8. The number of carbonyl (C=O) groups excluding carboxylic acids is 2. The predicted molar refractivity (Wildman–Crippen MR) is 87.1 cm³/mol. The molecule has 23 heavy (non-hydrogen) atoms. The van der Waals surface area contributed by atoms with E-state index in [9.17, 15) is 9.59 Å². The fourth-order valence-corrected chi connectivity index (χ4v) is 1.61. The summed E-state index contributed by atoms with van der Waals surface area (Å²) in [6.07, 6.45) is 3.68. The van der Waals surface area contributed by atoms with Crippen molar-refractivity contribution in [1.29, 1.82) is 0 Å². The third kappa shape index (κ3) is 8.70. The van der Waals surface area contributed by atoms with Crippen LogP contribution in [0.3, 0.4) is 0 Å². The van der Waals surface area contributed by atoms with Crippen molar-refractivity contribution in [3.63, 3.8) is 0 Å². The van der Waals surface area contributed by atoms with E-state index in [-0.39, 0.29) is 18.4 Å². The minimum Gasteiger partial charge on any atom is -0.377 e. The Balaban J connectivity index is 2.03. The minimum atomic E-state index is -0.241. The average Bonchev–Trinajstić information content (AvgIpc) is 2.57. The highest BCUT2D eigenvalue weighted by atomic mass is 16.5. The van der Waals surface area contributed by atoms with Gasteiger partial charge >= 0.3 is 0 Å². The number of aromatic nitrogens is 1. The van der Waals surface area contributed by atoms with Crippen molar-refractivity contribution in [2.24, 2.45) is 0 Å². The molecule has 0 saturated heterocycles. The Kier molecular flexibility index (Phi) is 9.26. The van der Waals surface area contributed by atoms with E-state index in [1.165, 1.54) is 6.08 Å². The molecular formula is C16H23N3O4. The molecule has 0 spiro atoms. The molecule has 0 fully saturated rings. The van der Waals surface area contributed by atoms with Crippen molar-refractivity contribution < 1.29 is 19.1 Å². The second kappa shape index (κ2) is 11.3. The fourth-order valence-electron chi connectivity index (χ4n) is 1.61. The first-order valence-corrected chi connectivity index (χ1v) is 7.46. The lowest BCUT2D eigenvalue weighted by molar-refractivity contribution is -0.121. The van der Waals surface area contributed by atoms with Crippen LogP contribution in [0.1, 0.15) is 12.6 Å². The van der Waals surface area contributed by atoms with Gasteiger partial charge in [-0.15, -0.1) is 0 Å². The lowest BCUT2D eigenvalue weighted by Gasteiger charge is -2.07. The van der Waals surface area contributed by atoms with Gasteiger partial charge in [0.05, 0.1) is 31.7 Å². The molecule has 2 N–H and O–H groups in total. The molecule has 1 aromatic rings. The zero-order valence-corrected chi connectivity index (χ0v) is 13.3. The van der Waals surface area contributed by atoms with Crippen molar-refractivity contribution in [3.05, 3.63) is 36.7 Å². The van der Waals surface area contributed by atoms with E-state index in [2.05, 4.69) is 22.2 Å². The second-order valence-corrected chi connectivity index (χ2v) is 4.60. The zero-order chi connectivity index (χ0) is 16.9. The number of nitrogens with one attached hydrogen (secondary N) is 2. The highest BCUT2D eigenvalue weighted by molar-refractivity contribution is 5.91. The molecular weight excluding hydrogens is 298 g/mol. The molecule has 0 saturated carbocycles. The number of carbonyl (C=O) groups is 2. The van der Waals surface area contributed by atoms with Gasteiger partial charge in [0, 0.05) is 12.2 Å². The van der Waals surface area contributed by atoms with Crippen LogP contribution in [-0.4, -0.2) is 49.8 Å². The molecule has 0 aliphatic heterocycles. The molecule has 0 aliphatic carbocycles. The van der Waals surface area contributed by atoms with Crippen LogP contribution < -0.4 is 10.6 Å². The molecule has 1 heterocycles. The summed E-state index contributed by atoms with van der Waals surface area (Å²) in [4.78, 5) is 26.7. The number of aryl methyl sites for hydroxylation is 1. The van der Waals surface area contributed by atoms with Crippen LogP contribution in [0.4, 0.5) is 5.69 Å². The van der Waals surface area contributed by atoms with Gasteiger partial charge in [-0.2, -0.15) is 0 Å². The maximum Gasteiger partial charge on any atom is 0.250 e. The quantitative estimate of drug-likeness (QED) is 0.467. The number of hydrogen-bond acceptors (Lipinski definition) is 5. The maximum absolute atomic E-state index is 11.6. The van der Waals surface area contributed by atoms with Crippen LogP contribution in [0, 0.1) is 0 Å². The Hall–Kier alpha value is -2.25. The van der Waals surface area contributed by atoms with Gasteiger partial charge in [-0.25, -0.2) is 0 Å². The summed E-state index contributed by atoms with van der Waals surface area (Å²) < 4.78 is 10.4. The van der Waals surface area contributed by atoms with Gasteiger partial charge in [0.25, 0.3) is 0 Å². The zero-order valence-electron chi connectivity index (χ0n) is 13.3. The van der Waals surface area contributed by atoms with Crippen molar-refractivity contribution in [2.75, 3.05) is 38.3 Å². The lowest BCUT2D eigenvalue weighted by Crippen LogP contribution is -2.26. The predicted octanol–water partition coefficient (Wildman–Crippen LogP) is 0.918. The standard InChI is InChI=1S/C16H23N3O4/c1-3-13-5-6-14(11-18-13)19-16(21)12-23-10-9-22-8-7-17-15(20)4-2/h4-6,11H,2-3,7-10,12H2,1H3,(H,17,20)(H,19,21). The maximum atomic E-state index is 11.6. The third-order valence-corrected chi connectivity index (χ3v) is 2.81. The number of pyridine rings is 1. The van der Waals surface area contributed by atoms with Gasteiger partial charge in [-0.05, 0) is 24.6 Å². The molecule has 0 bridgehead atoms. The molecule has 0 atom stereocenters. The van der Waals surface area contributed by atoms with Crippen LogP contribution >= 0.6 is 0 Å². The molecule has 7 nitrogen and oxygen atoms in total. The molecule has 0 unspecified atom stereocenters. The van der Waals surface area contributed by atoms with E-state index in [4.69, 9.17) is 9.47 Å². The Bertz CT molecular complexity index is 503. The highest BCUT2D eigenvalue weighted by Gasteiger charge is 2.03. The first-order valence-electron chi connectivity index (χ1n) is 7.46. The smallest absolute Gasteiger partial charge is 0.250 e. The monoisotopic (exact) mass is 321 g/mol. The average molecular weight is 321 g/mol. The Morgan fingerprint density at radius 1 is 1.26 bits per heavy atom. The van der Waals surface area contributed by atoms with Crippen LogP contribution in [0.5, 0.6) is 0 Å². The van der Waals surface area contributed by atoms with Gasteiger partial charge in [0.1, 0.15) is 6.61 Å². The Morgan fingerprint density at radius 3 is 2.70 bits per heavy atom. The van der Waals surface area contributed by atoms with E-state index >= 15 is 0 Å². The molecule has 2 amide bonds. The number of anilines is 1. The van der Waals surface area contributed by atoms with Gasteiger partial charge in [0.15, 0.2) is 0 Å². The van der Waals surface area contributed by atoms with E-state index < -0.39 is 0 Å². The molecule has 7 heteroatoms. The van der Waals surface area contributed by atoms with E-state index in [1.54, 1.807) is 6.20 Å². The fraction of sp³-hybridized carbons (Fsp3) is 0.438. The van der Waals surface area contributed by atoms with Crippen LogP contribution in [0.15, 0.2) is 31.0 Å². The summed E-state index contributed by atoms with van der Waals surface area (Å²) in [5, 5.41) is 5.28. The van der Waals surface area contributed by atoms with Crippen molar-refractivity contribution in [2.45, 2.75) is 13.3 Å². The summed E-state index contributed by atoms with van der Waals surface area (Å²) in [5.41, 5.74) is 1.62. The number of rotatable bonds is 11. The van der Waals surface area contributed by atoms with Crippen LogP contribution in [-0.2, 0) is 25.5 Å². The topological polar surface area (TPSA) is 89.5 Å².